The van der Waals surface area contributed by atoms with Crippen molar-refractivity contribution < 1.29 is 9.59 Å². The number of hydrogen-bond donors (Lipinski definition) is 3. The molecular formula is C11H21N3O2. The van der Waals surface area contributed by atoms with E-state index in [-0.39, 0.29) is 17.9 Å². The fourth-order valence-electron chi connectivity index (χ4n) is 1.78. The van der Waals surface area contributed by atoms with E-state index in [0.29, 0.717) is 31.7 Å². The summed E-state index contributed by atoms with van der Waals surface area (Å²) in [5, 5.41) is 5.59. The van der Waals surface area contributed by atoms with Crippen LogP contribution in [0.25, 0.3) is 0 Å². The highest BCUT2D eigenvalue weighted by atomic mass is 16.2. The molecule has 1 rings (SSSR count). The Hall–Kier alpha value is -1.10. The standard InChI is InChI=1S/C11H21N3O2/c1-7(2)5-9(12)11(16)14-8-3-4-10(15)13-6-8/h7-9H,3-6,12H2,1-2H3,(H,13,15)(H,14,16). The van der Waals surface area contributed by atoms with E-state index in [1.807, 2.05) is 13.8 Å². The van der Waals surface area contributed by atoms with Gasteiger partial charge in [-0.05, 0) is 18.8 Å². The smallest absolute Gasteiger partial charge is 0.237 e. The molecule has 0 radical (unpaired) electrons. The predicted octanol–water partition coefficient (Wildman–Crippen LogP) is -0.245. The van der Waals surface area contributed by atoms with Gasteiger partial charge in [0.25, 0.3) is 0 Å². The zero-order chi connectivity index (χ0) is 12.1. The number of nitrogens with one attached hydrogen (secondary N) is 2. The van der Waals surface area contributed by atoms with Gasteiger partial charge in [-0.3, -0.25) is 9.59 Å². The third-order valence-corrected chi connectivity index (χ3v) is 2.67. The Kier molecular flexibility index (Phi) is 4.73. The van der Waals surface area contributed by atoms with Crippen LogP contribution < -0.4 is 16.4 Å². The summed E-state index contributed by atoms with van der Waals surface area (Å²) in [6.07, 6.45) is 1.86. The summed E-state index contributed by atoms with van der Waals surface area (Å²) in [5.41, 5.74) is 5.76. The summed E-state index contributed by atoms with van der Waals surface area (Å²) in [6, 6.07) is -0.416. The first kappa shape index (κ1) is 13.0. The van der Waals surface area contributed by atoms with Gasteiger partial charge in [0.2, 0.25) is 11.8 Å². The molecule has 0 aliphatic carbocycles. The lowest BCUT2D eigenvalue weighted by molar-refractivity contribution is -0.126. The molecule has 5 nitrogen and oxygen atoms in total. The number of carbonyl (C=O) groups is 2. The van der Waals surface area contributed by atoms with Gasteiger partial charge < -0.3 is 16.4 Å². The summed E-state index contributed by atoms with van der Waals surface area (Å²) in [7, 11) is 0. The van der Waals surface area contributed by atoms with E-state index in [1.54, 1.807) is 0 Å². The van der Waals surface area contributed by atoms with Crippen LogP contribution in [-0.4, -0.2) is 30.4 Å². The maximum absolute atomic E-state index is 11.7. The molecule has 0 saturated carbocycles. The zero-order valence-corrected chi connectivity index (χ0v) is 9.95. The van der Waals surface area contributed by atoms with Gasteiger partial charge >= 0.3 is 0 Å². The van der Waals surface area contributed by atoms with Crippen molar-refractivity contribution in [1.82, 2.24) is 10.6 Å². The first-order valence-corrected chi connectivity index (χ1v) is 5.81. The fourth-order valence-corrected chi connectivity index (χ4v) is 1.78. The van der Waals surface area contributed by atoms with Crippen molar-refractivity contribution in [2.45, 2.75) is 45.2 Å². The molecule has 1 aliphatic rings. The number of hydrogen-bond acceptors (Lipinski definition) is 3. The summed E-state index contributed by atoms with van der Waals surface area (Å²) >= 11 is 0. The molecule has 1 heterocycles. The quantitative estimate of drug-likeness (QED) is 0.619. The molecule has 0 bridgehead atoms. The second-order valence-corrected chi connectivity index (χ2v) is 4.78. The van der Waals surface area contributed by atoms with Gasteiger partial charge in [0, 0.05) is 19.0 Å². The maximum atomic E-state index is 11.7. The van der Waals surface area contributed by atoms with Crippen molar-refractivity contribution >= 4 is 11.8 Å². The minimum Gasteiger partial charge on any atom is -0.354 e. The number of piperidine rings is 1. The van der Waals surface area contributed by atoms with Crippen molar-refractivity contribution in [3.8, 4) is 0 Å². The molecule has 1 aliphatic heterocycles. The van der Waals surface area contributed by atoms with E-state index in [1.165, 1.54) is 0 Å². The molecule has 1 saturated heterocycles. The first-order valence-electron chi connectivity index (χ1n) is 5.81. The maximum Gasteiger partial charge on any atom is 0.237 e. The molecule has 0 aromatic rings. The third-order valence-electron chi connectivity index (χ3n) is 2.67. The van der Waals surface area contributed by atoms with E-state index in [4.69, 9.17) is 5.73 Å². The molecule has 1 fully saturated rings. The van der Waals surface area contributed by atoms with Crippen LogP contribution in [-0.2, 0) is 9.59 Å². The molecular weight excluding hydrogens is 206 g/mol. The minimum atomic E-state index is -0.447. The largest absolute Gasteiger partial charge is 0.354 e. The molecule has 0 aromatic heterocycles. The Balaban J connectivity index is 2.30. The minimum absolute atomic E-state index is 0.0309. The van der Waals surface area contributed by atoms with Crippen LogP contribution in [0.1, 0.15) is 33.1 Å². The second-order valence-electron chi connectivity index (χ2n) is 4.78. The monoisotopic (exact) mass is 227 g/mol. The Labute approximate surface area is 96.1 Å². The molecule has 0 aromatic carbocycles. The third kappa shape index (κ3) is 4.18. The molecule has 2 amide bonds. The normalized spacial score (nSPS) is 22.8. The summed E-state index contributed by atoms with van der Waals surface area (Å²) in [4.78, 5) is 22.6. The molecule has 2 unspecified atom stereocenters. The van der Waals surface area contributed by atoms with Gasteiger partial charge in [-0.25, -0.2) is 0 Å². The SMILES string of the molecule is CC(C)CC(N)C(=O)NC1CCC(=O)NC1. The highest BCUT2D eigenvalue weighted by molar-refractivity contribution is 5.82. The van der Waals surface area contributed by atoms with Crippen molar-refractivity contribution in [2.75, 3.05) is 6.54 Å². The van der Waals surface area contributed by atoms with E-state index in [9.17, 15) is 9.59 Å². The van der Waals surface area contributed by atoms with Crippen molar-refractivity contribution in [3.63, 3.8) is 0 Å². The van der Waals surface area contributed by atoms with Crippen LogP contribution in [0.4, 0.5) is 0 Å². The van der Waals surface area contributed by atoms with Gasteiger partial charge in [0.05, 0.1) is 6.04 Å². The number of carbonyl (C=O) groups excluding carboxylic acids is 2. The lowest BCUT2D eigenvalue weighted by Crippen LogP contribution is -2.52. The molecule has 16 heavy (non-hydrogen) atoms. The van der Waals surface area contributed by atoms with Gasteiger partial charge in [-0.2, -0.15) is 0 Å². The number of nitrogens with two attached hydrogens (primary N) is 1. The summed E-state index contributed by atoms with van der Waals surface area (Å²) in [6.45, 7) is 4.58. The van der Waals surface area contributed by atoms with Crippen LogP contribution in [0.3, 0.4) is 0 Å². The van der Waals surface area contributed by atoms with Gasteiger partial charge in [-0.15, -0.1) is 0 Å². The molecule has 4 N–H and O–H groups in total. The average Bonchev–Trinajstić information content (AvgIpc) is 2.20. The van der Waals surface area contributed by atoms with Crippen LogP contribution in [0.5, 0.6) is 0 Å². The van der Waals surface area contributed by atoms with E-state index in [2.05, 4.69) is 10.6 Å². The Morgan fingerprint density at radius 3 is 2.81 bits per heavy atom. The molecule has 2 atom stereocenters. The van der Waals surface area contributed by atoms with E-state index >= 15 is 0 Å². The van der Waals surface area contributed by atoms with Gasteiger partial charge in [-0.1, -0.05) is 13.8 Å². The van der Waals surface area contributed by atoms with Crippen LogP contribution in [0, 0.1) is 5.92 Å². The second kappa shape index (κ2) is 5.84. The van der Waals surface area contributed by atoms with Gasteiger partial charge in [0.1, 0.15) is 0 Å². The Bertz CT molecular complexity index is 256. The van der Waals surface area contributed by atoms with Crippen LogP contribution in [0.15, 0.2) is 0 Å². The summed E-state index contributed by atoms with van der Waals surface area (Å²) in [5.74, 6) is 0.346. The first-order chi connectivity index (χ1) is 7.49. The molecule has 92 valence electrons. The van der Waals surface area contributed by atoms with Gasteiger partial charge in [0.15, 0.2) is 0 Å². The van der Waals surface area contributed by atoms with E-state index < -0.39 is 6.04 Å². The predicted molar refractivity (Wildman–Crippen MR) is 61.6 cm³/mol. The summed E-state index contributed by atoms with van der Waals surface area (Å²) < 4.78 is 0. The van der Waals surface area contributed by atoms with Crippen molar-refractivity contribution in [2.24, 2.45) is 11.7 Å². The lowest BCUT2D eigenvalue weighted by atomic mass is 10.0. The number of rotatable bonds is 4. The highest BCUT2D eigenvalue weighted by Crippen LogP contribution is 2.05. The highest BCUT2D eigenvalue weighted by Gasteiger charge is 2.22. The molecule has 5 heteroatoms. The van der Waals surface area contributed by atoms with Crippen molar-refractivity contribution in [1.29, 1.82) is 0 Å². The van der Waals surface area contributed by atoms with Crippen LogP contribution in [0.2, 0.25) is 0 Å². The average molecular weight is 227 g/mol. The fraction of sp³-hybridized carbons (Fsp3) is 0.818. The zero-order valence-electron chi connectivity index (χ0n) is 9.95. The molecule has 0 spiro atoms. The topological polar surface area (TPSA) is 84.2 Å². The van der Waals surface area contributed by atoms with Crippen molar-refractivity contribution in [3.05, 3.63) is 0 Å². The van der Waals surface area contributed by atoms with Crippen LogP contribution >= 0.6 is 0 Å². The Morgan fingerprint density at radius 1 is 1.62 bits per heavy atom. The number of amides is 2. The lowest BCUT2D eigenvalue weighted by Gasteiger charge is -2.25. The van der Waals surface area contributed by atoms with E-state index in [0.717, 1.165) is 0 Å². The Morgan fingerprint density at radius 2 is 2.31 bits per heavy atom.